The quantitative estimate of drug-likeness (QED) is 0.400. The number of aryl methyl sites for hydroxylation is 1. The van der Waals surface area contributed by atoms with E-state index in [2.05, 4.69) is 30.7 Å². The van der Waals surface area contributed by atoms with Gasteiger partial charge in [-0.2, -0.15) is 4.98 Å². The lowest BCUT2D eigenvalue weighted by atomic mass is 10.3. The lowest BCUT2D eigenvalue weighted by Crippen LogP contribution is -2.14. The van der Waals surface area contributed by atoms with Crippen molar-refractivity contribution in [1.82, 2.24) is 19.9 Å². The van der Waals surface area contributed by atoms with Crippen molar-refractivity contribution in [1.29, 1.82) is 0 Å². The Hall–Kier alpha value is -2.88. The molecule has 0 radical (unpaired) electrons. The molecule has 0 unspecified atom stereocenters. The number of nitrogens with two attached hydrogens (primary N) is 1. The third-order valence-corrected chi connectivity index (χ3v) is 2.45. The number of anilines is 2. The van der Waals surface area contributed by atoms with Crippen LogP contribution in [-0.2, 0) is 6.54 Å². The van der Waals surface area contributed by atoms with E-state index in [0.29, 0.717) is 5.69 Å². The van der Waals surface area contributed by atoms with Gasteiger partial charge in [-0.15, -0.1) is 0 Å². The Kier molecular flexibility index (Phi) is 3.96. The molecule has 4 N–H and O–H groups in total. The molecule has 0 bridgehead atoms. The molecule has 0 fully saturated rings. The molecule has 104 valence electrons. The van der Waals surface area contributed by atoms with Crippen LogP contribution < -0.4 is 16.6 Å². The first-order valence-electron chi connectivity index (χ1n) is 5.60. The fourth-order valence-electron chi connectivity index (χ4n) is 1.57. The summed E-state index contributed by atoms with van der Waals surface area (Å²) < 4.78 is 0. The fraction of sp³-hybridized carbons (Fsp3) is 0.200. The summed E-state index contributed by atoms with van der Waals surface area (Å²) in [4.78, 5) is 26.1. The first-order valence-corrected chi connectivity index (χ1v) is 5.60. The maximum atomic E-state index is 11.1. The summed E-state index contributed by atoms with van der Waals surface area (Å²) in [6.45, 7) is 1.78. The number of nitrogen functional groups attached to an aromatic ring is 1. The minimum absolute atomic E-state index is 0.0778. The zero-order valence-corrected chi connectivity index (χ0v) is 10.6. The summed E-state index contributed by atoms with van der Waals surface area (Å²) in [5.74, 6) is 5.40. The van der Waals surface area contributed by atoms with E-state index < -0.39 is 4.92 Å². The number of hydrazine groups is 1. The van der Waals surface area contributed by atoms with Crippen LogP contribution in [0.5, 0.6) is 0 Å². The van der Waals surface area contributed by atoms with Crippen molar-refractivity contribution in [3.05, 3.63) is 40.1 Å². The SMILES string of the molecule is Cc1nc(NN)nc(NCc2ccncn2)c1[N+](=O)[O-]. The molecule has 20 heavy (non-hydrogen) atoms. The monoisotopic (exact) mass is 276 g/mol. The van der Waals surface area contributed by atoms with Crippen molar-refractivity contribution in [2.24, 2.45) is 5.84 Å². The van der Waals surface area contributed by atoms with Crippen LogP contribution in [0.15, 0.2) is 18.6 Å². The van der Waals surface area contributed by atoms with Gasteiger partial charge in [0, 0.05) is 6.20 Å². The minimum atomic E-state index is -0.544. The Balaban J connectivity index is 2.29. The second kappa shape index (κ2) is 5.84. The van der Waals surface area contributed by atoms with Gasteiger partial charge in [-0.05, 0) is 13.0 Å². The van der Waals surface area contributed by atoms with Gasteiger partial charge in [0.15, 0.2) is 0 Å². The maximum Gasteiger partial charge on any atom is 0.332 e. The van der Waals surface area contributed by atoms with Gasteiger partial charge in [-0.1, -0.05) is 0 Å². The van der Waals surface area contributed by atoms with Gasteiger partial charge >= 0.3 is 5.69 Å². The largest absolute Gasteiger partial charge is 0.359 e. The number of nitrogens with zero attached hydrogens (tertiary/aromatic N) is 5. The van der Waals surface area contributed by atoms with Gasteiger partial charge in [-0.3, -0.25) is 15.5 Å². The van der Waals surface area contributed by atoms with Crippen LogP contribution in [0, 0.1) is 17.0 Å². The molecule has 0 spiro atoms. The highest BCUT2D eigenvalue weighted by atomic mass is 16.6. The lowest BCUT2D eigenvalue weighted by Gasteiger charge is -2.08. The summed E-state index contributed by atoms with van der Waals surface area (Å²) in [6.07, 6.45) is 2.97. The summed E-state index contributed by atoms with van der Waals surface area (Å²) >= 11 is 0. The number of nitro groups is 1. The molecule has 2 heterocycles. The van der Waals surface area contributed by atoms with E-state index in [1.54, 1.807) is 12.3 Å². The smallest absolute Gasteiger partial charge is 0.332 e. The van der Waals surface area contributed by atoms with E-state index in [1.807, 2.05) is 0 Å². The predicted octanol–water partition coefficient (Wildman–Crippen LogP) is 0.381. The Bertz CT molecular complexity index is 618. The van der Waals surface area contributed by atoms with Crippen LogP contribution in [0.25, 0.3) is 0 Å². The van der Waals surface area contributed by atoms with Crippen LogP contribution in [0.1, 0.15) is 11.4 Å². The van der Waals surface area contributed by atoms with Gasteiger partial charge in [0.2, 0.25) is 11.8 Å². The molecule has 2 aromatic rings. The van der Waals surface area contributed by atoms with E-state index in [1.165, 1.54) is 13.3 Å². The average molecular weight is 276 g/mol. The molecule has 0 atom stereocenters. The second-order valence-corrected chi connectivity index (χ2v) is 3.79. The maximum absolute atomic E-state index is 11.1. The third-order valence-electron chi connectivity index (χ3n) is 2.45. The summed E-state index contributed by atoms with van der Waals surface area (Å²) in [5, 5.41) is 13.9. The van der Waals surface area contributed by atoms with Crippen molar-refractivity contribution < 1.29 is 4.92 Å². The van der Waals surface area contributed by atoms with E-state index in [9.17, 15) is 10.1 Å². The van der Waals surface area contributed by atoms with Gasteiger partial charge in [0.25, 0.3) is 0 Å². The van der Waals surface area contributed by atoms with Gasteiger partial charge in [0.05, 0.1) is 17.2 Å². The molecule has 0 amide bonds. The van der Waals surface area contributed by atoms with E-state index in [0.717, 1.165) is 0 Å². The van der Waals surface area contributed by atoms with E-state index in [4.69, 9.17) is 5.84 Å². The Morgan fingerprint density at radius 3 is 2.85 bits per heavy atom. The average Bonchev–Trinajstić information content (AvgIpc) is 2.45. The van der Waals surface area contributed by atoms with Gasteiger partial charge in [0.1, 0.15) is 12.0 Å². The van der Waals surface area contributed by atoms with Crippen LogP contribution in [0.2, 0.25) is 0 Å². The van der Waals surface area contributed by atoms with Crippen LogP contribution in [-0.4, -0.2) is 24.9 Å². The molecule has 0 aliphatic rings. The van der Waals surface area contributed by atoms with E-state index in [-0.39, 0.29) is 29.7 Å². The molecule has 0 saturated heterocycles. The third kappa shape index (κ3) is 2.92. The molecular weight excluding hydrogens is 264 g/mol. The Morgan fingerprint density at radius 2 is 2.25 bits per heavy atom. The lowest BCUT2D eigenvalue weighted by molar-refractivity contribution is -0.385. The van der Waals surface area contributed by atoms with Crippen molar-refractivity contribution in [2.45, 2.75) is 13.5 Å². The molecule has 10 heteroatoms. The molecule has 0 aromatic carbocycles. The molecule has 0 saturated carbocycles. The number of aromatic nitrogens is 4. The van der Waals surface area contributed by atoms with Crippen LogP contribution in [0.3, 0.4) is 0 Å². The molecule has 0 aliphatic carbocycles. The summed E-state index contributed by atoms with van der Waals surface area (Å²) in [5.41, 5.74) is 2.95. The van der Waals surface area contributed by atoms with E-state index >= 15 is 0 Å². The Morgan fingerprint density at radius 1 is 1.45 bits per heavy atom. The number of hydrogen-bond donors (Lipinski definition) is 3. The molecule has 2 aromatic heterocycles. The predicted molar refractivity (Wildman–Crippen MR) is 70.6 cm³/mol. The Labute approximate surface area is 113 Å². The highest BCUT2D eigenvalue weighted by molar-refractivity contribution is 5.60. The van der Waals surface area contributed by atoms with Crippen LogP contribution >= 0.6 is 0 Å². The zero-order valence-electron chi connectivity index (χ0n) is 10.6. The fourth-order valence-corrected chi connectivity index (χ4v) is 1.57. The molecule has 2 rings (SSSR count). The van der Waals surface area contributed by atoms with Gasteiger partial charge < -0.3 is 5.32 Å². The summed E-state index contributed by atoms with van der Waals surface area (Å²) in [6, 6.07) is 1.69. The molecule has 10 nitrogen and oxygen atoms in total. The van der Waals surface area contributed by atoms with Crippen molar-refractivity contribution in [3.8, 4) is 0 Å². The highest BCUT2D eigenvalue weighted by Crippen LogP contribution is 2.26. The zero-order chi connectivity index (χ0) is 14.5. The van der Waals surface area contributed by atoms with Crippen molar-refractivity contribution in [3.63, 3.8) is 0 Å². The highest BCUT2D eigenvalue weighted by Gasteiger charge is 2.21. The van der Waals surface area contributed by atoms with Gasteiger partial charge in [-0.25, -0.2) is 20.8 Å². The topological polar surface area (TPSA) is 145 Å². The minimum Gasteiger partial charge on any atom is -0.359 e. The van der Waals surface area contributed by atoms with Crippen LogP contribution in [0.4, 0.5) is 17.5 Å². The first kappa shape index (κ1) is 13.5. The second-order valence-electron chi connectivity index (χ2n) is 3.79. The summed E-state index contributed by atoms with van der Waals surface area (Å²) in [7, 11) is 0. The molecule has 0 aliphatic heterocycles. The van der Waals surface area contributed by atoms with Crippen molar-refractivity contribution >= 4 is 17.5 Å². The normalized spacial score (nSPS) is 10.1. The number of hydrogen-bond acceptors (Lipinski definition) is 9. The first-order chi connectivity index (χ1) is 9.61. The number of nitrogens with one attached hydrogen (secondary N) is 2. The standard InChI is InChI=1S/C10H12N8O2/c1-6-8(18(19)20)9(16-10(15-6)17-11)13-4-7-2-3-12-5-14-7/h2-3,5H,4,11H2,1H3,(H2,13,15,16,17). The van der Waals surface area contributed by atoms with Crippen molar-refractivity contribution in [2.75, 3.05) is 10.7 Å². The molecular formula is C10H12N8O2. The number of rotatable bonds is 5.